The van der Waals surface area contributed by atoms with Crippen LogP contribution in [0.2, 0.25) is 0 Å². The second-order valence-electron chi connectivity index (χ2n) is 6.70. The van der Waals surface area contributed by atoms with Crippen molar-refractivity contribution in [1.82, 2.24) is 10.2 Å². The number of nitrogens with one attached hydrogen (secondary N) is 1. The van der Waals surface area contributed by atoms with Gasteiger partial charge in [-0.2, -0.15) is 0 Å². The summed E-state index contributed by atoms with van der Waals surface area (Å²) in [4.78, 5) is 2.57. The Balaban J connectivity index is 2.65. The van der Waals surface area contributed by atoms with E-state index in [0.717, 1.165) is 31.2 Å². The van der Waals surface area contributed by atoms with E-state index in [1.807, 2.05) is 0 Å². The van der Waals surface area contributed by atoms with E-state index in [0.29, 0.717) is 18.0 Å². The molecule has 0 saturated carbocycles. The van der Waals surface area contributed by atoms with Gasteiger partial charge in [-0.1, -0.05) is 41.5 Å². The number of hydrogen-bond donors (Lipinski definition) is 1. The normalized spacial score (nSPS) is 12.3. The van der Waals surface area contributed by atoms with Gasteiger partial charge in [0.2, 0.25) is 0 Å². The van der Waals surface area contributed by atoms with Crippen molar-refractivity contribution in [3.63, 3.8) is 0 Å². The van der Waals surface area contributed by atoms with Crippen LogP contribution in [0, 0.1) is 5.92 Å². The van der Waals surface area contributed by atoms with Gasteiger partial charge in [0.25, 0.3) is 0 Å². The second-order valence-corrected chi connectivity index (χ2v) is 6.70. The van der Waals surface area contributed by atoms with Crippen LogP contribution in [0.4, 0.5) is 0 Å². The Morgan fingerprint density at radius 3 is 2.19 bits per heavy atom. The van der Waals surface area contributed by atoms with Gasteiger partial charge in [0, 0.05) is 18.6 Å². The Labute approximate surface area is 131 Å². The number of furan rings is 1. The van der Waals surface area contributed by atoms with Crippen molar-refractivity contribution in [2.45, 2.75) is 79.6 Å². The number of hydrogen-bond acceptors (Lipinski definition) is 3. The Morgan fingerprint density at radius 2 is 1.67 bits per heavy atom. The zero-order chi connectivity index (χ0) is 15.8. The van der Waals surface area contributed by atoms with Crippen molar-refractivity contribution in [3.8, 4) is 0 Å². The van der Waals surface area contributed by atoms with Crippen molar-refractivity contribution in [3.05, 3.63) is 23.7 Å². The van der Waals surface area contributed by atoms with Crippen LogP contribution < -0.4 is 5.32 Å². The third-order valence-corrected chi connectivity index (χ3v) is 3.82. The van der Waals surface area contributed by atoms with Crippen LogP contribution in [0.5, 0.6) is 0 Å². The Hall–Kier alpha value is -0.800. The molecule has 0 aliphatic rings. The summed E-state index contributed by atoms with van der Waals surface area (Å²) in [6.07, 6.45) is 2.40. The minimum absolute atomic E-state index is 0.487. The van der Waals surface area contributed by atoms with E-state index in [2.05, 4.69) is 63.9 Å². The first-order valence-corrected chi connectivity index (χ1v) is 8.51. The van der Waals surface area contributed by atoms with Crippen molar-refractivity contribution in [2.75, 3.05) is 6.54 Å². The van der Waals surface area contributed by atoms with Gasteiger partial charge >= 0.3 is 0 Å². The van der Waals surface area contributed by atoms with Crippen molar-refractivity contribution in [1.29, 1.82) is 0 Å². The molecule has 0 atom stereocenters. The summed E-state index contributed by atoms with van der Waals surface area (Å²) in [6.45, 7) is 16.3. The minimum Gasteiger partial charge on any atom is -0.463 e. The predicted molar refractivity (Wildman–Crippen MR) is 90.3 cm³/mol. The summed E-state index contributed by atoms with van der Waals surface area (Å²) in [5.74, 6) is 2.80. The van der Waals surface area contributed by atoms with E-state index in [-0.39, 0.29) is 0 Å². The van der Waals surface area contributed by atoms with Gasteiger partial charge in [-0.15, -0.1) is 0 Å². The van der Waals surface area contributed by atoms with Crippen molar-refractivity contribution >= 4 is 0 Å². The molecule has 0 fully saturated rings. The maximum Gasteiger partial charge on any atom is 0.118 e. The zero-order valence-electron chi connectivity index (χ0n) is 14.8. The third-order valence-electron chi connectivity index (χ3n) is 3.82. The molecule has 122 valence electrons. The molecule has 0 amide bonds. The first-order valence-electron chi connectivity index (χ1n) is 8.51. The molecule has 0 aromatic carbocycles. The van der Waals surface area contributed by atoms with Gasteiger partial charge in [-0.25, -0.2) is 0 Å². The average molecular weight is 294 g/mol. The molecular formula is C18H34N2O. The van der Waals surface area contributed by atoms with Crippen molar-refractivity contribution in [2.24, 2.45) is 5.92 Å². The molecule has 1 aromatic rings. The lowest BCUT2D eigenvalue weighted by molar-refractivity contribution is 0.145. The highest BCUT2D eigenvalue weighted by atomic mass is 16.3. The summed E-state index contributed by atoms with van der Waals surface area (Å²) in [7, 11) is 0. The molecule has 3 nitrogen and oxygen atoms in total. The zero-order valence-corrected chi connectivity index (χ0v) is 14.8. The van der Waals surface area contributed by atoms with Gasteiger partial charge in [-0.05, 0) is 30.9 Å². The van der Waals surface area contributed by atoms with Gasteiger partial charge in [0.05, 0.1) is 13.1 Å². The summed E-state index contributed by atoms with van der Waals surface area (Å²) in [6, 6.07) is 5.37. The van der Waals surface area contributed by atoms with Crippen LogP contribution in [0.3, 0.4) is 0 Å². The van der Waals surface area contributed by atoms with E-state index < -0.39 is 0 Å². The first kappa shape index (κ1) is 18.2. The summed E-state index contributed by atoms with van der Waals surface area (Å²) in [5, 5.41) is 3.40. The van der Waals surface area contributed by atoms with E-state index in [1.54, 1.807) is 0 Å². The highest BCUT2D eigenvalue weighted by Gasteiger charge is 2.18. The lowest BCUT2D eigenvalue weighted by Crippen LogP contribution is -2.36. The van der Waals surface area contributed by atoms with Gasteiger partial charge < -0.3 is 9.73 Å². The lowest BCUT2D eigenvalue weighted by Gasteiger charge is -2.31. The lowest BCUT2D eigenvalue weighted by atomic mass is 10.1. The maximum atomic E-state index is 5.98. The topological polar surface area (TPSA) is 28.4 Å². The fourth-order valence-corrected chi connectivity index (χ4v) is 2.72. The van der Waals surface area contributed by atoms with Gasteiger partial charge in [-0.3, -0.25) is 4.90 Å². The molecule has 1 aromatic heterocycles. The molecule has 0 aliphatic heterocycles. The summed E-state index contributed by atoms with van der Waals surface area (Å²) in [5.41, 5.74) is 0. The predicted octanol–water partition coefficient (Wildman–Crippen LogP) is 4.42. The molecule has 0 unspecified atom stereocenters. The van der Waals surface area contributed by atoms with Crippen LogP contribution in [-0.4, -0.2) is 23.5 Å². The number of rotatable bonds is 10. The number of nitrogens with zero attached hydrogens (tertiary/aromatic N) is 1. The summed E-state index contributed by atoms with van der Waals surface area (Å²) >= 11 is 0. The molecule has 0 spiro atoms. The van der Waals surface area contributed by atoms with Gasteiger partial charge in [0.15, 0.2) is 0 Å². The van der Waals surface area contributed by atoms with E-state index in [4.69, 9.17) is 4.42 Å². The Kier molecular flexibility index (Phi) is 8.05. The van der Waals surface area contributed by atoms with E-state index >= 15 is 0 Å². The molecule has 0 saturated heterocycles. The Morgan fingerprint density at radius 1 is 1.05 bits per heavy atom. The van der Waals surface area contributed by atoms with Gasteiger partial charge in [0.1, 0.15) is 11.5 Å². The average Bonchev–Trinajstić information content (AvgIpc) is 2.84. The molecule has 1 heterocycles. The molecule has 21 heavy (non-hydrogen) atoms. The van der Waals surface area contributed by atoms with E-state index in [1.165, 1.54) is 12.8 Å². The fraction of sp³-hybridized carbons (Fsp3) is 0.778. The van der Waals surface area contributed by atoms with E-state index in [9.17, 15) is 0 Å². The SMILES string of the molecule is CCC(CC)N(Cc1ccc(CNC(C)C)o1)CC(C)C. The highest BCUT2D eigenvalue weighted by Crippen LogP contribution is 2.17. The molecular weight excluding hydrogens is 260 g/mol. The molecule has 3 heteroatoms. The van der Waals surface area contributed by atoms with Crippen LogP contribution in [-0.2, 0) is 13.1 Å². The Bertz CT molecular complexity index is 380. The van der Waals surface area contributed by atoms with Crippen LogP contribution in [0.1, 0.15) is 65.9 Å². The van der Waals surface area contributed by atoms with Crippen LogP contribution in [0.25, 0.3) is 0 Å². The standard InChI is InChI=1S/C18H34N2O/c1-7-16(8-2)20(12-14(3)4)13-18-10-9-17(21-18)11-19-15(5)6/h9-10,14-16,19H,7-8,11-13H2,1-6H3. The fourth-order valence-electron chi connectivity index (χ4n) is 2.72. The molecule has 0 radical (unpaired) electrons. The largest absolute Gasteiger partial charge is 0.463 e. The molecule has 0 bridgehead atoms. The molecule has 0 aliphatic carbocycles. The highest BCUT2D eigenvalue weighted by molar-refractivity contribution is 5.07. The van der Waals surface area contributed by atoms with Crippen LogP contribution in [0.15, 0.2) is 16.5 Å². The molecule has 1 N–H and O–H groups in total. The first-order chi connectivity index (χ1) is 9.96. The second kappa shape index (κ2) is 9.26. The third kappa shape index (κ3) is 6.66. The summed E-state index contributed by atoms with van der Waals surface area (Å²) < 4.78 is 5.98. The quantitative estimate of drug-likeness (QED) is 0.692. The van der Waals surface area contributed by atoms with Crippen LogP contribution >= 0.6 is 0 Å². The minimum atomic E-state index is 0.487. The monoisotopic (exact) mass is 294 g/mol. The molecule has 1 rings (SSSR count). The maximum absolute atomic E-state index is 5.98. The van der Waals surface area contributed by atoms with Crippen molar-refractivity contribution < 1.29 is 4.42 Å². The smallest absolute Gasteiger partial charge is 0.118 e.